The summed E-state index contributed by atoms with van der Waals surface area (Å²) in [7, 11) is -3.37. The van der Waals surface area contributed by atoms with Crippen molar-refractivity contribution in [1.82, 2.24) is 10.0 Å². The predicted octanol–water partition coefficient (Wildman–Crippen LogP) is 1.15. The molecular weight excluding hydrogens is 276 g/mol. The summed E-state index contributed by atoms with van der Waals surface area (Å²) in [5.74, 6) is 0.783. The van der Waals surface area contributed by atoms with Crippen molar-refractivity contribution in [3.05, 3.63) is 0 Å². The largest absolute Gasteiger partial charge is 0.355 e. The van der Waals surface area contributed by atoms with Crippen molar-refractivity contribution in [2.24, 2.45) is 11.3 Å². The first-order valence-corrected chi connectivity index (χ1v) is 9.41. The Balaban J connectivity index is 1.64. The Kier molecular flexibility index (Phi) is 3.79. The van der Waals surface area contributed by atoms with Gasteiger partial charge in [-0.1, -0.05) is 0 Å². The van der Waals surface area contributed by atoms with Crippen molar-refractivity contribution < 1.29 is 13.2 Å². The van der Waals surface area contributed by atoms with Gasteiger partial charge in [0.1, 0.15) is 6.04 Å². The zero-order valence-electron chi connectivity index (χ0n) is 11.9. The van der Waals surface area contributed by atoms with Gasteiger partial charge in [0.05, 0.1) is 5.75 Å². The fourth-order valence-electron chi connectivity index (χ4n) is 4.23. The Hall–Kier alpha value is -0.620. The van der Waals surface area contributed by atoms with Crippen LogP contribution in [0.15, 0.2) is 0 Å². The molecule has 0 radical (unpaired) electrons. The second-order valence-corrected chi connectivity index (χ2v) is 8.62. The lowest BCUT2D eigenvalue weighted by Crippen LogP contribution is -2.47. The fraction of sp³-hybridized carbons (Fsp3) is 0.929. The number of rotatable bonds is 4. The lowest BCUT2D eigenvalue weighted by molar-refractivity contribution is -0.122. The van der Waals surface area contributed by atoms with Gasteiger partial charge in [-0.3, -0.25) is 4.79 Å². The van der Waals surface area contributed by atoms with Crippen LogP contribution in [0.5, 0.6) is 0 Å². The van der Waals surface area contributed by atoms with E-state index in [2.05, 4.69) is 10.0 Å². The number of fused-ring (bicyclic) bond motifs is 2. The lowest BCUT2D eigenvalue weighted by atomic mass is 9.87. The first-order valence-electron chi connectivity index (χ1n) is 7.76. The molecule has 114 valence electrons. The number of nitrogens with one attached hydrogen (secondary N) is 2. The van der Waals surface area contributed by atoms with Gasteiger partial charge < -0.3 is 5.32 Å². The topological polar surface area (TPSA) is 75.3 Å². The van der Waals surface area contributed by atoms with Crippen LogP contribution in [0.3, 0.4) is 0 Å². The molecule has 1 heterocycles. The van der Waals surface area contributed by atoms with Crippen LogP contribution in [0.25, 0.3) is 0 Å². The van der Waals surface area contributed by atoms with E-state index in [-0.39, 0.29) is 17.1 Å². The Morgan fingerprint density at radius 1 is 1.20 bits per heavy atom. The summed E-state index contributed by atoms with van der Waals surface area (Å²) in [6.45, 7) is 0.655. The van der Waals surface area contributed by atoms with E-state index in [1.54, 1.807) is 0 Å². The van der Waals surface area contributed by atoms with Gasteiger partial charge in [-0.2, -0.15) is 0 Å². The van der Waals surface area contributed by atoms with E-state index in [1.807, 2.05) is 0 Å². The van der Waals surface area contributed by atoms with Crippen molar-refractivity contribution >= 4 is 15.9 Å². The van der Waals surface area contributed by atoms with E-state index >= 15 is 0 Å². The van der Waals surface area contributed by atoms with Crippen LogP contribution in [0.4, 0.5) is 0 Å². The number of carbonyl (C=O) groups is 1. The maximum absolute atomic E-state index is 12.4. The summed E-state index contributed by atoms with van der Waals surface area (Å²) in [4.78, 5) is 11.8. The SMILES string of the molecule is O=C1NCCCC[C@@H]1NS(=O)(=O)CC12CCC(CC1)C2. The smallest absolute Gasteiger partial charge is 0.238 e. The van der Waals surface area contributed by atoms with Crippen LogP contribution in [0.1, 0.15) is 51.4 Å². The lowest BCUT2D eigenvalue weighted by Gasteiger charge is -2.27. The highest BCUT2D eigenvalue weighted by Gasteiger charge is 2.47. The molecule has 0 aromatic rings. The monoisotopic (exact) mass is 300 g/mol. The van der Waals surface area contributed by atoms with Gasteiger partial charge in [0.15, 0.2) is 0 Å². The third-order valence-corrected chi connectivity index (χ3v) is 6.88. The third kappa shape index (κ3) is 3.01. The molecule has 20 heavy (non-hydrogen) atoms. The molecule has 3 aliphatic rings. The molecule has 0 spiro atoms. The minimum atomic E-state index is -3.37. The predicted molar refractivity (Wildman–Crippen MR) is 76.6 cm³/mol. The molecule has 5 nitrogen and oxygen atoms in total. The molecule has 1 atom stereocenters. The molecule has 3 fully saturated rings. The first-order chi connectivity index (χ1) is 9.48. The molecule has 3 rings (SSSR count). The average Bonchev–Trinajstić information content (AvgIpc) is 2.89. The molecule has 0 aromatic heterocycles. The van der Waals surface area contributed by atoms with E-state index < -0.39 is 16.1 Å². The van der Waals surface area contributed by atoms with Crippen LogP contribution < -0.4 is 10.0 Å². The number of hydrogen-bond acceptors (Lipinski definition) is 3. The quantitative estimate of drug-likeness (QED) is 0.818. The molecule has 2 N–H and O–H groups in total. The first kappa shape index (κ1) is 14.3. The molecule has 6 heteroatoms. The van der Waals surface area contributed by atoms with Crippen LogP contribution in [-0.4, -0.2) is 32.7 Å². The van der Waals surface area contributed by atoms with Gasteiger partial charge in [0.2, 0.25) is 15.9 Å². The molecule has 1 saturated heterocycles. The van der Waals surface area contributed by atoms with Gasteiger partial charge in [0, 0.05) is 6.54 Å². The van der Waals surface area contributed by atoms with E-state index in [4.69, 9.17) is 0 Å². The molecule has 2 bridgehead atoms. The standard InChI is InChI=1S/C14H24N2O3S/c17-13-12(3-1-2-8-15-13)16-20(18,19)10-14-6-4-11(9-14)5-7-14/h11-12,16H,1-10H2,(H,15,17)/t11?,12-,14?/m0/s1. The van der Waals surface area contributed by atoms with Crippen molar-refractivity contribution in [3.8, 4) is 0 Å². The normalized spacial score (nSPS) is 37.7. The third-order valence-electron chi connectivity index (χ3n) is 5.24. The summed E-state index contributed by atoms with van der Waals surface area (Å²) in [5, 5.41) is 2.78. The Morgan fingerprint density at radius 3 is 2.60 bits per heavy atom. The summed E-state index contributed by atoms with van der Waals surface area (Å²) in [6, 6.07) is -0.572. The van der Waals surface area contributed by atoms with E-state index in [0.717, 1.165) is 38.0 Å². The molecule has 1 aliphatic heterocycles. The van der Waals surface area contributed by atoms with Crippen molar-refractivity contribution in [1.29, 1.82) is 0 Å². The van der Waals surface area contributed by atoms with Gasteiger partial charge in [-0.25, -0.2) is 13.1 Å². The van der Waals surface area contributed by atoms with Crippen LogP contribution >= 0.6 is 0 Å². The maximum Gasteiger partial charge on any atom is 0.238 e. The van der Waals surface area contributed by atoms with Gasteiger partial charge in [0.25, 0.3) is 0 Å². The maximum atomic E-state index is 12.4. The van der Waals surface area contributed by atoms with Crippen LogP contribution in [0.2, 0.25) is 0 Å². The van der Waals surface area contributed by atoms with Crippen molar-refractivity contribution in [2.45, 2.75) is 57.4 Å². The molecule has 1 amide bonds. The Bertz CT molecular complexity index is 481. The zero-order chi connectivity index (χ0) is 14.2. The summed E-state index contributed by atoms with van der Waals surface area (Å²) >= 11 is 0. The second kappa shape index (κ2) is 5.30. The van der Waals surface area contributed by atoms with Gasteiger partial charge in [-0.15, -0.1) is 0 Å². The summed E-state index contributed by atoms with van der Waals surface area (Å²) in [6.07, 6.45) is 7.92. The highest BCUT2D eigenvalue weighted by molar-refractivity contribution is 7.89. The van der Waals surface area contributed by atoms with Crippen LogP contribution in [0, 0.1) is 11.3 Å². The van der Waals surface area contributed by atoms with Crippen LogP contribution in [-0.2, 0) is 14.8 Å². The number of sulfonamides is 1. The molecular formula is C14H24N2O3S. The molecule has 2 saturated carbocycles. The summed E-state index contributed by atoms with van der Waals surface area (Å²) < 4.78 is 27.5. The molecule has 2 aliphatic carbocycles. The molecule has 0 aromatic carbocycles. The highest BCUT2D eigenvalue weighted by atomic mass is 32.2. The number of amides is 1. The van der Waals surface area contributed by atoms with Gasteiger partial charge in [-0.05, 0) is 62.7 Å². The minimum Gasteiger partial charge on any atom is -0.355 e. The average molecular weight is 300 g/mol. The fourth-order valence-corrected chi connectivity index (χ4v) is 6.18. The Labute approximate surface area is 120 Å². The second-order valence-electron chi connectivity index (χ2n) is 6.86. The number of hydrogen-bond donors (Lipinski definition) is 2. The summed E-state index contributed by atoms with van der Waals surface area (Å²) in [5.41, 5.74) is -0.00228. The minimum absolute atomic E-state index is 0.00228. The van der Waals surface area contributed by atoms with Crippen molar-refractivity contribution in [2.75, 3.05) is 12.3 Å². The van der Waals surface area contributed by atoms with Gasteiger partial charge >= 0.3 is 0 Å². The van der Waals surface area contributed by atoms with Crippen molar-refractivity contribution in [3.63, 3.8) is 0 Å². The zero-order valence-corrected chi connectivity index (χ0v) is 12.7. The number of carbonyl (C=O) groups excluding carboxylic acids is 1. The Morgan fingerprint density at radius 2 is 1.95 bits per heavy atom. The van der Waals surface area contributed by atoms with E-state index in [1.165, 1.54) is 12.8 Å². The molecule has 0 unspecified atom stereocenters. The van der Waals surface area contributed by atoms with E-state index in [9.17, 15) is 13.2 Å². The van der Waals surface area contributed by atoms with E-state index in [0.29, 0.717) is 13.0 Å². The highest BCUT2D eigenvalue weighted by Crippen LogP contribution is 2.54.